The molecule has 0 atom stereocenters. The average Bonchev–Trinajstić information content (AvgIpc) is 4.09. The van der Waals surface area contributed by atoms with E-state index in [4.69, 9.17) is 15.0 Å². The molecule has 6 heteroatoms. The molecule has 11 aromatic carbocycles. The zero-order chi connectivity index (χ0) is 45.2. The lowest BCUT2D eigenvalue weighted by Crippen LogP contribution is -2.07. The largest absolute Gasteiger partial charge is 0.307 e. The highest BCUT2D eigenvalue weighted by Gasteiger charge is 2.25. The van der Waals surface area contributed by atoms with Crippen molar-refractivity contribution in [1.29, 1.82) is 0 Å². The Morgan fingerprint density at radius 2 is 0.812 bits per heavy atom. The van der Waals surface area contributed by atoms with Gasteiger partial charge in [-0.15, -0.1) is 11.3 Å². The normalized spacial score (nSPS) is 12.1. The van der Waals surface area contributed by atoms with Crippen LogP contribution in [0.2, 0.25) is 0 Å². The van der Waals surface area contributed by atoms with E-state index in [1.807, 2.05) is 18.2 Å². The van der Waals surface area contributed by atoms with Gasteiger partial charge in [-0.25, -0.2) is 4.98 Å². The van der Waals surface area contributed by atoms with E-state index in [9.17, 15) is 0 Å². The molecule has 4 heterocycles. The summed E-state index contributed by atoms with van der Waals surface area (Å²) in [5.41, 5.74) is 9.56. The van der Waals surface area contributed by atoms with E-state index in [0.717, 1.165) is 71.6 Å². The zero-order valence-electron chi connectivity index (χ0n) is 37.0. The number of aromatic nitrogens is 5. The molecule has 0 bridgehead atoms. The monoisotopic (exact) mass is 895 g/mol. The molecule has 320 valence electrons. The van der Waals surface area contributed by atoms with Crippen molar-refractivity contribution in [3.8, 4) is 45.5 Å². The van der Waals surface area contributed by atoms with Crippen molar-refractivity contribution in [3.05, 3.63) is 224 Å². The zero-order valence-corrected chi connectivity index (χ0v) is 37.8. The van der Waals surface area contributed by atoms with Gasteiger partial charge in [0.05, 0.1) is 27.8 Å². The number of nitrogens with zero attached hydrogens (tertiary/aromatic N) is 5. The van der Waals surface area contributed by atoms with Gasteiger partial charge >= 0.3 is 0 Å². The van der Waals surface area contributed by atoms with E-state index < -0.39 is 0 Å². The van der Waals surface area contributed by atoms with Crippen LogP contribution in [0, 0.1) is 0 Å². The highest BCUT2D eigenvalue weighted by atomic mass is 32.1. The van der Waals surface area contributed by atoms with Crippen molar-refractivity contribution in [2.75, 3.05) is 0 Å². The highest BCUT2D eigenvalue weighted by Crippen LogP contribution is 2.45. The fourth-order valence-corrected chi connectivity index (χ4v) is 12.3. The van der Waals surface area contributed by atoms with Crippen LogP contribution >= 0.6 is 11.3 Å². The maximum absolute atomic E-state index is 5.55. The Kier molecular flexibility index (Phi) is 8.17. The van der Waals surface area contributed by atoms with Crippen molar-refractivity contribution in [2.45, 2.75) is 0 Å². The molecular formula is C63H37N5S. The van der Waals surface area contributed by atoms with Crippen LogP contribution in [0.4, 0.5) is 0 Å². The highest BCUT2D eigenvalue weighted by molar-refractivity contribution is 7.25. The Labute approximate surface area is 399 Å². The van der Waals surface area contributed by atoms with Gasteiger partial charge in [-0.2, -0.15) is 9.97 Å². The van der Waals surface area contributed by atoms with E-state index in [1.54, 1.807) is 11.3 Å². The molecule has 69 heavy (non-hydrogen) atoms. The van der Waals surface area contributed by atoms with E-state index in [2.05, 4.69) is 215 Å². The summed E-state index contributed by atoms with van der Waals surface area (Å²) < 4.78 is 7.22. The average molecular weight is 896 g/mol. The Balaban J connectivity index is 1.05. The first kappa shape index (κ1) is 38.2. The van der Waals surface area contributed by atoms with E-state index in [1.165, 1.54) is 52.5 Å². The minimum atomic E-state index is 0.563. The molecule has 0 saturated carbocycles. The van der Waals surface area contributed by atoms with Crippen molar-refractivity contribution in [2.24, 2.45) is 0 Å². The summed E-state index contributed by atoms with van der Waals surface area (Å²) in [6.07, 6.45) is 0. The first-order valence-electron chi connectivity index (χ1n) is 23.4. The number of thiophene rings is 1. The summed E-state index contributed by atoms with van der Waals surface area (Å²) in [5, 5.41) is 14.5. The molecule has 0 unspecified atom stereocenters. The van der Waals surface area contributed by atoms with Crippen LogP contribution in [-0.2, 0) is 0 Å². The van der Waals surface area contributed by atoms with E-state index in [0.29, 0.717) is 17.6 Å². The molecule has 0 spiro atoms. The second-order valence-corrected chi connectivity index (χ2v) is 18.9. The molecule has 0 radical (unpaired) electrons. The predicted molar refractivity (Wildman–Crippen MR) is 290 cm³/mol. The molecule has 0 saturated heterocycles. The second kappa shape index (κ2) is 14.8. The maximum Gasteiger partial charge on any atom is 0.238 e. The lowest BCUT2D eigenvalue weighted by molar-refractivity contribution is 0.954. The molecule has 15 aromatic rings. The Bertz CT molecular complexity index is 4580. The van der Waals surface area contributed by atoms with Crippen LogP contribution < -0.4 is 0 Å². The summed E-state index contributed by atoms with van der Waals surface area (Å²) in [5.74, 6) is 1.81. The quantitative estimate of drug-likeness (QED) is 0.162. The Morgan fingerprint density at radius 1 is 0.304 bits per heavy atom. The van der Waals surface area contributed by atoms with Gasteiger partial charge in [-0.05, 0) is 74.3 Å². The van der Waals surface area contributed by atoms with Crippen LogP contribution in [0.3, 0.4) is 0 Å². The minimum absolute atomic E-state index is 0.563. The van der Waals surface area contributed by atoms with Crippen LogP contribution in [0.1, 0.15) is 0 Å². The van der Waals surface area contributed by atoms with E-state index in [-0.39, 0.29) is 0 Å². The van der Waals surface area contributed by atoms with Gasteiger partial charge in [0, 0.05) is 58.4 Å². The molecule has 0 amide bonds. The number of hydrogen-bond donors (Lipinski definition) is 0. The molecule has 0 fully saturated rings. The molecule has 0 aliphatic heterocycles. The van der Waals surface area contributed by atoms with E-state index >= 15 is 0 Å². The fraction of sp³-hybridized carbons (Fsp3) is 0. The Hall–Kier alpha value is -8.97. The minimum Gasteiger partial charge on any atom is -0.307 e. The van der Waals surface area contributed by atoms with Gasteiger partial charge in [0.25, 0.3) is 0 Å². The van der Waals surface area contributed by atoms with Crippen molar-refractivity contribution in [3.63, 3.8) is 0 Å². The number of rotatable bonds is 5. The summed E-state index contributed by atoms with van der Waals surface area (Å²) in [4.78, 5) is 16.3. The molecule has 0 aliphatic carbocycles. The van der Waals surface area contributed by atoms with Gasteiger partial charge in [0.2, 0.25) is 5.95 Å². The van der Waals surface area contributed by atoms with Crippen LogP contribution in [0.25, 0.3) is 142 Å². The third-order valence-corrected chi connectivity index (χ3v) is 15.3. The van der Waals surface area contributed by atoms with Crippen LogP contribution in [0.5, 0.6) is 0 Å². The number of fused-ring (bicyclic) bond motifs is 16. The molecule has 0 aliphatic rings. The van der Waals surface area contributed by atoms with Gasteiger partial charge in [0.15, 0.2) is 11.6 Å². The first-order valence-corrected chi connectivity index (χ1v) is 24.2. The lowest BCUT2D eigenvalue weighted by Gasteiger charge is -2.17. The summed E-state index contributed by atoms with van der Waals surface area (Å²) in [6, 6.07) is 81.0. The third-order valence-electron chi connectivity index (χ3n) is 14.2. The second-order valence-electron chi connectivity index (χ2n) is 17.9. The Morgan fingerprint density at radius 3 is 1.54 bits per heavy atom. The first-order chi connectivity index (χ1) is 34.2. The summed E-state index contributed by atoms with van der Waals surface area (Å²) >= 11 is 1.80. The van der Waals surface area contributed by atoms with Crippen molar-refractivity contribution >= 4 is 107 Å². The topological polar surface area (TPSA) is 48.5 Å². The van der Waals surface area contributed by atoms with Crippen molar-refractivity contribution in [1.82, 2.24) is 24.1 Å². The summed E-state index contributed by atoms with van der Waals surface area (Å²) in [6.45, 7) is 0. The standard InChI is InChI=1S/C63H37N5S/c1-2-17-38(18-3-1)61-64-62(51-27-16-32-57-58(51)50-26-11-15-31-56(50)69-57)66-63(65-61)68-55-30-14-10-25-47(55)49-36-35-48-46-24-9-13-29-54(46)67(59(48)60(49)68)53-28-12-8-19-40(53)39-33-34-45-43-22-5-4-20-41(43)42-21-6-7-23-44(42)52(45)37-39/h1-37H. The molecular weight excluding hydrogens is 859 g/mol. The predicted octanol–water partition coefficient (Wildman–Crippen LogP) is 16.9. The van der Waals surface area contributed by atoms with Crippen LogP contribution in [0.15, 0.2) is 224 Å². The molecule has 4 aromatic heterocycles. The maximum atomic E-state index is 5.55. The number of para-hydroxylation sites is 3. The fourth-order valence-electron chi connectivity index (χ4n) is 11.2. The SMILES string of the molecule is c1ccc(-c2nc(-c3cccc4sc5ccccc5c34)nc(-n3c4ccccc4c4ccc5c6ccccc6n(-c6ccccc6-c6ccc7c8ccccc8c8ccccc8c7c6)c5c43)n2)cc1. The smallest absolute Gasteiger partial charge is 0.238 e. The lowest BCUT2D eigenvalue weighted by atomic mass is 9.92. The third kappa shape index (κ3) is 5.61. The van der Waals surface area contributed by atoms with Gasteiger partial charge < -0.3 is 4.57 Å². The van der Waals surface area contributed by atoms with Crippen molar-refractivity contribution < 1.29 is 0 Å². The number of benzene rings is 11. The van der Waals surface area contributed by atoms with Gasteiger partial charge in [-0.1, -0.05) is 188 Å². The van der Waals surface area contributed by atoms with Gasteiger partial charge in [0.1, 0.15) is 0 Å². The molecule has 5 nitrogen and oxygen atoms in total. The molecule has 0 N–H and O–H groups in total. The van der Waals surface area contributed by atoms with Crippen LogP contribution in [-0.4, -0.2) is 24.1 Å². The number of hydrogen-bond acceptors (Lipinski definition) is 4. The van der Waals surface area contributed by atoms with Gasteiger partial charge in [-0.3, -0.25) is 4.57 Å². The molecule has 15 rings (SSSR count). The summed E-state index contributed by atoms with van der Waals surface area (Å²) in [7, 11) is 0.